The van der Waals surface area contributed by atoms with Crippen LogP contribution in [0.1, 0.15) is 18.4 Å². The first-order valence-corrected chi connectivity index (χ1v) is 7.67. The van der Waals surface area contributed by atoms with E-state index in [1.165, 1.54) is 19.1 Å². The van der Waals surface area contributed by atoms with E-state index in [0.717, 1.165) is 12.1 Å². The first-order chi connectivity index (χ1) is 10.8. The van der Waals surface area contributed by atoms with Gasteiger partial charge in [0.2, 0.25) is 0 Å². The van der Waals surface area contributed by atoms with Crippen LogP contribution < -0.4 is 5.32 Å². The summed E-state index contributed by atoms with van der Waals surface area (Å²) in [6.45, 7) is 1.35. The molecule has 1 unspecified atom stereocenters. The zero-order valence-corrected chi connectivity index (χ0v) is 14.2. The second-order valence-electron chi connectivity index (χ2n) is 4.82. The highest BCUT2D eigenvalue weighted by Crippen LogP contribution is 2.30. The number of anilines is 1. The third kappa shape index (κ3) is 4.25. The molecular formula is C16H11Cl2F2NOS. The van der Waals surface area contributed by atoms with Gasteiger partial charge in [0.15, 0.2) is 0 Å². The Bertz CT molecular complexity index is 783. The topological polar surface area (TPSA) is 29.1 Å². The summed E-state index contributed by atoms with van der Waals surface area (Å²) in [6, 6.07) is 7.69. The molecule has 0 radical (unpaired) electrons. The third-order valence-electron chi connectivity index (χ3n) is 3.13. The fraction of sp³-hybridized carbons (Fsp3) is 0.125. The van der Waals surface area contributed by atoms with Crippen molar-refractivity contribution in [3.8, 4) is 0 Å². The molecule has 1 N–H and O–H groups in total. The number of rotatable bonds is 4. The molecule has 0 saturated carbocycles. The van der Waals surface area contributed by atoms with E-state index in [0.29, 0.717) is 10.6 Å². The van der Waals surface area contributed by atoms with Gasteiger partial charge in [-0.25, -0.2) is 8.78 Å². The van der Waals surface area contributed by atoms with Crippen LogP contribution in [0.25, 0.3) is 0 Å². The van der Waals surface area contributed by atoms with Gasteiger partial charge in [-0.15, -0.1) is 0 Å². The van der Waals surface area contributed by atoms with E-state index in [1.54, 1.807) is 12.1 Å². The van der Waals surface area contributed by atoms with Crippen LogP contribution in [0.3, 0.4) is 0 Å². The summed E-state index contributed by atoms with van der Waals surface area (Å²) >= 11 is 17.2. The van der Waals surface area contributed by atoms with Gasteiger partial charge >= 0.3 is 0 Å². The molecule has 7 heteroatoms. The van der Waals surface area contributed by atoms with Crippen LogP contribution >= 0.6 is 35.4 Å². The molecule has 0 amide bonds. The second kappa shape index (κ2) is 7.34. The molecule has 1 atom stereocenters. The Labute approximate surface area is 147 Å². The minimum absolute atomic E-state index is 0.0206. The minimum atomic E-state index is -0.862. The fourth-order valence-electron chi connectivity index (χ4n) is 2.08. The first-order valence-electron chi connectivity index (χ1n) is 6.51. The van der Waals surface area contributed by atoms with Crippen molar-refractivity contribution in [2.24, 2.45) is 0 Å². The first kappa shape index (κ1) is 17.8. The predicted octanol–water partition coefficient (Wildman–Crippen LogP) is 5.38. The average molecular weight is 374 g/mol. The van der Waals surface area contributed by atoms with Gasteiger partial charge in [0.1, 0.15) is 17.4 Å². The largest absolute Gasteiger partial charge is 0.347 e. The number of nitrogens with one attached hydrogen (secondary N) is 1. The molecule has 2 rings (SSSR count). The zero-order valence-electron chi connectivity index (χ0n) is 11.9. The number of carbonyl (C=O) groups is 1. The maximum absolute atomic E-state index is 13.7. The van der Waals surface area contributed by atoms with E-state index in [4.69, 9.17) is 35.4 Å². The summed E-state index contributed by atoms with van der Waals surface area (Å²) in [5, 5.41) is 3.34. The molecule has 0 fully saturated rings. The van der Waals surface area contributed by atoms with Crippen LogP contribution in [0.15, 0.2) is 36.4 Å². The lowest BCUT2D eigenvalue weighted by atomic mass is 9.95. The SMILES string of the molecule is CC(=O)C(C(=S)Nc1ccc(F)cc1F)c1ccc(Cl)cc1Cl. The van der Waals surface area contributed by atoms with Crippen molar-refractivity contribution in [3.63, 3.8) is 0 Å². The van der Waals surface area contributed by atoms with Crippen LogP contribution in [0.4, 0.5) is 14.5 Å². The third-order valence-corrected chi connectivity index (χ3v) is 4.03. The molecule has 0 saturated heterocycles. The highest BCUT2D eigenvalue weighted by Gasteiger charge is 2.25. The Morgan fingerprint density at radius 3 is 2.43 bits per heavy atom. The number of hydrogen-bond donors (Lipinski definition) is 1. The van der Waals surface area contributed by atoms with Crippen molar-refractivity contribution in [2.45, 2.75) is 12.8 Å². The Kier molecular flexibility index (Phi) is 5.68. The van der Waals surface area contributed by atoms with Gasteiger partial charge in [0.25, 0.3) is 0 Å². The average Bonchev–Trinajstić information content (AvgIpc) is 2.44. The van der Waals surface area contributed by atoms with Crippen LogP contribution in [0.5, 0.6) is 0 Å². The summed E-state index contributed by atoms with van der Waals surface area (Å²) in [6.07, 6.45) is 0. The van der Waals surface area contributed by atoms with E-state index >= 15 is 0 Å². The van der Waals surface area contributed by atoms with Crippen molar-refractivity contribution in [1.29, 1.82) is 0 Å². The van der Waals surface area contributed by atoms with Crippen LogP contribution in [-0.2, 0) is 4.79 Å². The Morgan fingerprint density at radius 1 is 1.17 bits per heavy atom. The van der Waals surface area contributed by atoms with Crippen LogP contribution in [0.2, 0.25) is 10.0 Å². The highest BCUT2D eigenvalue weighted by molar-refractivity contribution is 7.80. The second-order valence-corrected chi connectivity index (χ2v) is 6.11. The maximum atomic E-state index is 13.7. The summed E-state index contributed by atoms with van der Waals surface area (Å²) < 4.78 is 26.7. The number of ketones is 1. The number of Topliss-reactive ketones (excluding diaryl/α,β-unsaturated/α-hetero) is 1. The van der Waals surface area contributed by atoms with Gasteiger partial charge in [0, 0.05) is 16.1 Å². The lowest BCUT2D eigenvalue weighted by Crippen LogP contribution is -2.25. The monoisotopic (exact) mass is 373 g/mol. The number of benzene rings is 2. The summed E-state index contributed by atoms with van der Waals surface area (Å²) in [5.41, 5.74) is 0.441. The summed E-state index contributed by atoms with van der Waals surface area (Å²) in [7, 11) is 0. The van der Waals surface area contributed by atoms with E-state index in [2.05, 4.69) is 5.32 Å². The lowest BCUT2D eigenvalue weighted by molar-refractivity contribution is -0.117. The van der Waals surface area contributed by atoms with Gasteiger partial charge < -0.3 is 5.32 Å². The molecule has 23 heavy (non-hydrogen) atoms. The van der Waals surface area contributed by atoms with Crippen LogP contribution in [-0.4, -0.2) is 10.8 Å². The Balaban J connectivity index is 2.34. The van der Waals surface area contributed by atoms with Gasteiger partial charge in [0.05, 0.1) is 16.6 Å². The molecular weight excluding hydrogens is 363 g/mol. The molecule has 2 aromatic rings. The normalized spacial score (nSPS) is 11.9. The van der Waals surface area contributed by atoms with Crippen molar-refractivity contribution in [2.75, 3.05) is 5.32 Å². The van der Waals surface area contributed by atoms with Gasteiger partial charge in [-0.3, -0.25) is 4.79 Å². The van der Waals surface area contributed by atoms with E-state index < -0.39 is 17.6 Å². The molecule has 0 aromatic heterocycles. The van der Waals surface area contributed by atoms with E-state index in [-0.39, 0.29) is 21.5 Å². The number of hydrogen-bond acceptors (Lipinski definition) is 2. The summed E-state index contributed by atoms with van der Waals surface area (Å²) in [4.78, 5) is 12.0. The molecule has 0 aliphatic carbocycles. The lowest BCUT2D eigenvalue weighted by Gasteiger charge is -2.19. The highest BCUT2D eigenvalue weighted by atomic mass is 35.5. The maximum Gasteiger partial charge on any atom is 0.149 e. The molecule has 0 aliphatic heterocycles. The molecule has 0 spiro atoms. The number of thiocarbonyl (C=S) groups is 1. The van der Waals surface area contributed by atoms with Crippen molar-refractivity contribution >= 4 is 51.9 Å². The van der Waals surface area contributed by atoms with Gasteiger partial charge in [-0.1, -0.05) is 41.5 Å². The number of carbonyl (C=O) groups excluding carboxylic acids is 1. The summed E-state index contributed by atoms with van der Waals surface area (Å²) in [5.74, 6) is -2.65. The molecule has 0 aliphatic rings. The van der Waals surface area contributed by atoms with Crippen molar-refractivity contribution in [3.05, 3.63) is 63.6 Å². The van der Waals surface area contributed by atoms with Crippen molar-refractivity contribution < 1.29 is 13.6 Å². The minimum Gasteiger partial charge on any atom is -0.347 e. The Hall–Kier alpha value is -1.56. The predicted molar refractivity (Wildman–Crippen MR) is 92.5 cm³/mol. The van der Waals surface area contributed by atoms with Gasteiger partial charge in [-0.05, 0) is 36.8 Å². The molecule has 0 bridgehead atoms. The van der Waals surface area contributed by atoms with Gasteiger partial charge in [-0.2, -0.15) is 0 Å². The molecule has 0 heterocycles. The van der Waals surface area contributed by atoms with E-state index in [9.17, 15) is 13.6 Å². The Morgan fingerprint density at radius 2 is 1.87 bits per heavy atom. The molecule has 120 valence electrons. The van der Waals surface area contributed by atoms with Crippen molar-refractivity contribution in [1.82, 2.24) is 0 Å². The quantitative estimate of drug-likeness (QED) is 0.729. The zero-order chi connectivity index (χ0) is 17.1. The standard InChI is InChI=1S/C16H11Cl2F2NOS/c1-8(22)15(11-4-2-9(17)6-12(11)18)16(23)21-14-5-3-10(19)7-13(14)20/h2-7,15H,1H3,(H,21,23). The number of halogens is 4. The van der Waals surface area contributed by atoms with Crippen LogP contribution in [0, 0.1) is 11.6 Å². The smallest absolute Gasteiger partial charge is 0.149 e. The van der Waals surface area contributed by atoms with E-state index in [1.807, 2.05) is 0 Å². The fourth-order valence-corrected chi connectivity index (χ4v) is 3.00. The molecule has 2 nitrogen and oxygen atoms in total. The molecule has 2 aromatic carbocycles.